The molecule has 0 aliphatic carbocycles. The van der Waals surface area contributed by atoms with E-state index in [0.29, 0.717) is 28.1 Å². The van der Waals surface area contributed by atoms with Crippen molar-refractivity contribution >= 4 is 14.2 Å². The lowest BCUT2D eigenvalue weighted by molar-refractivity contribution is 0.0772. The van der Waals surface area contributed by atoms with Crippen LogP contribution in [0.15, 0.2) is 42.3 Å². The number of carbonyl (C=O) groups excluding carboxylic acids is 1. The Morgan fingerprint density at radius 2 is 1.64 bits per heavy atom. The Morgan fingerprint density at radius 3 is 2.11 bits per heavy atom. The van der Waals surface area contributed by atoms with Crippen molar-refractivity contribution in [2.24, 2.45) is 0 Å². The zero-order valence-corrected chi connectivity index (χ0v) is 19.7. The molecule has 28 heavy (non-hydrogen) atoms. The van der Waals surface area contributed by atoms with Crippen molar-refractivity contribution < 1.29 is 9.22 Å². The van der Waals surface area contributed by atoms with Crippen LogP contribution >= 0.6 is 0 Å². The van der Waals surface area contributed by atoms with E-state index >= 15 is 0 Å². The normalized spacial score (nSPS) is 12.4. The standard InChI is InChI=1S/C24H37NO2Si/c1-9-10-11-15-18-23(25(8)24(26)22-16-13-12-14-17-22)27-28(19(2)3,20(4)5)21(6)7/h1,12-14,16-21H,10-11,15H2,2-8H3/b23-18+. The van der Waals surface area contributed by atoms with Crippen LogP contribution in [-0.2, 0) is 4.43 Å². The van der Waals surface area contributed by atoms with Crippen molar-refractivity contribution in [2.75, 3.05) is 7.05 Å². The summed E-state index contributed by atoms with van der Waals surface area (Å²) in [6, 6.07) is 9.36. The van der Waals surface area contributed by atoms with Gasteiger partial charge in [-0.05, 0) is 47.7 Å². The van der Waals surface area contributed by atoms with Gasteiger partial charge in [0, 0.05) is 19.0 Å². The maximum Gasteiger partial charge on any atom is 0.260 e. The van der Waals surface area contributed by atoms with Crippen molar-refractivity contribution in [3.8, 4) is 12.3 Å². The monoisotopic (exact) mass is 399 g/mol. The first-order valence-corrected chi connectivity index (χ1v) is 12.5. The fourth-order valence-electron chi connectivity index (χ4n) is 4.09. The van der Waals surface area contributed by atoms with Crippen molar-refractivity contribution in [1.82, 2.24) is 4.90 Å². The van der Waals surface area contributed by atoms with E-state index in [1.165, 1.54) is 0 Å². The highest BCUT2D eigenvalue weighted by atomic mass is 28.4. The van der Waals surface area contributed by atoms with Gasteiger partial charge in [-0.2, -0.15) is 0 Å². The van der Waals surface area contributed by atoms with E-state index < -0.39 is 8.32 Å². The molecular formula is C24H37NO2Si. The van der Waals surface area contributed by atoms with E-state index in [1.54, 1.807) is 4.90 Å². The second kappa shape index (κ2) is 11.1. The van der Waals surface area contributed by atoms with Crippen LogP contribution in [0.2, 0.25) is 16.6 Å². The molecule has 0 spiro atoms. The van der Waals surface area contributed by atoms with Crippen LogP contribution in [0.4, 0.5) is 0 Å². The number of terminal acetylenes is 1. The van der Waals surface area contributed by atoms with Crippen LogP contribution in [0, 0.1) is 12.3 Å². The Labute approximate surface area is 173 Å². The molecule has 0 radical (unpaired) electrons. The molecule has 0 N–H and O–H groups in total. The van der Waals surface area contributed by atoms with Gasteiger partial charge in [0.05, 0.1) is 0 Å². The average Bonchev–Trinajstić information content (AvgIpc) is 2.66. The smallest absolute Gasteiger partial charge is 0.260 e. The first-order valence-electron chi connectivity index (χ1n) is 10.3. The molecule has 4 heteroatoms. The number of unbranched alkanes of at least 4 members (excludes halogenated alkanes) is 2. The van der Waals surface area contributed by atoms with Gasteiger partial charge in [0.1, 0.15) is 0 Å². The maximum atomic E-state index is 13.1. The molecule has 3 nitrogen and oxygen atoms in total. The van der Waals surface area contributed by atoms with Crippen molar-refractivity contribution in [1.29, 1.82) is 0 Å². The number of benzene rings is 1. The number of allylic oxidation sites excluding steroid dienone is 1. The minimum absolute atomic E-state index is 0.0528. The number of rotatable bonds is 10. The second-order valence-corrected chi connectivity index (χ2v) is 13.7. The molecule has 1 rings (SSSR count). The summed E-state index contributed by atoms with van der Waals surface area (Å²) in [5, 5.41) is 0. The molecule has 0 saturated heterocycles. The molecule has 1 amide bonds. The highest BCUT2D eigenvalue weighted by Gasteiger charge is 2.48. The van der Waals surface area contributed by atoms with Gasteiger partial charge in [-0.25, -0.2) is 0 Å². The molecule has 0 fully saturated rings. The third-order valence-corrected chi connectivity index (χ3v) is 11.5. The van der Waals surface area contributed by atoms with Crippen LogP contribution in [-0.4, -0.2) is 26.2 Å². The summed E-state index contributed by atoms with van der Waals surface area (Å²) in [5.74, 6) is 3.30. The molecular weight excluding hydrogens is 362 g/mol. The number of hydrogen-bond acceptors (Lipinski definition) is 2. The first-order chi connectivity index (χ1) is 13.2. The number of amides is 1. The van der Waals surface area contributed by atoms with E-state index in [9.17, 15) is 4.79 Å². The molecule has 154 valence electrons. The Morgan fingerprint density at radius 1 is 1.11 bits per heavy atom. The predicted molar refractivity (Wildman–Crippen MR) is 121 cm³/mol. The zero-order chi connectivity index (χ0) is 21.3. The van der Waals surface area contributed by atoms with Gasteiger partial charge in [-0.1, -0.05) is 59.7 Å². The van der Waals surface area contributed by atoms with Gasteiger partial charge in [-0.3, -0.25) is 9.69 Å². The third kappa shape index (κ3) is 5.75. The highest BCUT2D eigenvalue weighted by molar-refractivity contribution is 6.77. The molecule has 0 unspecified atom stereocenters. The van der Waals surface area contributed by atoms with Crippen LogP contribution in [0.25, 0.3) is 0 Å². The van der Waals surface area contributed by atoms with Gasteiger partial charge in [0.15, 0.2) is 5.88 Å². The summed E-state index contributed by atoms with van der Waals surface area (Å²) in [5.41, 5.74) is 1.96. The van der Waals surface area contributed by atoms with E-state index in [2.05, 4.69) is 47.5 Å². The molecule has 0 atom stereocenters. The van der Waals surface area contributed by atoms with Gasteiger partial charge in [0.25, 0.3) is 14.2 Å². The molecule has 1 aromatic rings. The molecule has 0 aliphatic heterocycles. The summed E-state index contributed by atoms with van der Waals surface area (Å²) < 4.78 is 6.86. The van der Waals surface area contributed by atoms with Crippen LogP contribution < -0.4 is 0 Å². The quantitative estimate of drug-likeness (QED) is 0.192. The molecule has 0 bridgehead atoms. The van der Waals surface area contributed by atoms with Gasteiger partial charge in [0.2, 0.25) is 0 Å². The largest absolute Gasteiger partial charge is 0.531 e. The lowest BCUT2D eigenvalue weighted by Gasteiger charge is -2.44. The summed E-state index contributed by atoms with van der Waals surface area (Å²) in [6.07, 6.45) is 9.84. The van der Waals surface area contributed by atoms with E-state index in [1.807, 2.05) is 43.5 Å². The van der Waals surface area contributed by atoms with Gasteiger partial charge >= 0.3 is 0 Å². The Kier molecular flexibility index (Phi) is 9.55. The molecule has 0 aliphatic rings. The molecule has 0 heterocycles. The number of carbonyl (C=O) groups is 1. The predicted octanol–water partition coefficient (Wildman–Crippen LogP) is 6.60. The zero-order valence-electron chi connectivity index (χ0n) is 18.7. The summed E-state index contributed by atoms with van der Waals surface area (Å²) in [7, 11) is -0.363. The van der Waals surface area contributed by atoms with E-state index in [-0.39, 0.29) is 5.91 Å². The van der Waals surface area contributed by atoms with E-state index in [4.69, 9.17) is 10.8 Å². The van der Waals surface area contributed by atoms with E-state index in [0.717, 1.165) is 19.3 Å². The molecule has 0 saturated carbocycles. The number of nitrogens with zero attached hydrogens (tertiary/aromatic N) is 1. The minimum atomic E-state index is -2.17. The Bertz CT molecular complexity index is 665. The van der Waals surface area contributed by atoms with Crippen LogP contribution in [0.5, 0.6) is 0 Å². The first kappa shape index (κ1) is 24.0. The molecule has 0 aromatic heterocycles. The van der Waals surface area contributed by atoms with Gasteiger partial charge in [-0.15, -0.1) is 12.3 Å². The Balaban J connectivity index is 3.27. The summed E-state index contributed by atoms with van der Waals surface area (Å²) in [4.78, 5) is 14.7. The second-order valence-electron chi connectivity index (χ2n) is 8.29. The lowest BCUT2D eigenvalue weighted by atomic mass is 10.2. The summed E-state index contributed by atoms with van der Waals surface area (Å²) in [6.45, 7) is 13.5. The van der Waals surface area contributed by atoms with Crippen molar-refractivity contribution in [3.05, 3.63) is 47.9 Å². The maximum absolute atomic E-state index is 13.1. The van der Waals surface area contributed by atoms with Crippen LogP contribution in [0.3, 0.4) is 0 Å². The number of hydrogen-bond donors (Lipinski definition) is 0. The fraction of sp³-hybridized carbons (Fsp3) is 0.542. The van der Waals surface area contributed by atoms with Crippen molar-refractivity contribution in [2.45, 2.75) is 77.4 Å². The van der Waals surface area contributed by atoms with Crippen LogP contribution in [0.1, 0.15) is 71.2 Å². The fourth-order valence-corrected chi connectivity index (χ4v) is 9.38. The third-order valence-electron chi connectivity index (χ3n) is 5.49. The van der Waals surface area contributed by atoms with Crippen molar-refractivity contribution in [3.63, 3.8) is 0 Å². The average molecular weight is 400 g/mol. The minimum Gasteiger partial charge on any atom is -0.531 e. The van der Waals surface area contributed by atoms with Gasteiger partial charge < -0.3 is 4.43 Å². The summed E-state index contributed by atoms with van der Waals surface area (Å²) >= 11 is 0. The highest BCUT2D eigenvalue weighted by Crippen LogP contribution is 2.44. The SMILES string of the molecule is C#CCCC/C=C(/O[Si](C(C)C)(C(C)C)C(C)C)N(C)C(=O)c1ccccc1. The lowest BCUT2D eigenvalue weighted by Crippen LogP contribution is -2.49. The topological polar surface area (TPSA) is 29.5 Å². The Hall–Kier alpha value is -1.99. The molecule has 1 aromatic carbocycles.